The third-order valence-corrected chi connectivity index (χ3v) is 2.53. The minimum atomic E-state index is -0.734. The molecular formula is C10H17Cl2NO2. The van der Waals surface area contributed by atoms with E-state index >= 15 is 0 Å². The second-order valence-corrected chi connectivity index (χ2v) is 4.19. The molecule has 3 nitrogen and oxygen atoms in total. The zero-order chi connectivity index (χ0) is 11.7. The minimum Gasteiger partial charge on any atom is -0.331 e. The van der Waals surface area contributed by atoms with E-state index in [4.69, 9.17) is 23.2 Å². The van der Waals surface area contributed by atoms with Gasteiger partial charge in [-0.15, -0.1) is 0 Å². The summed E-state index contributed by atoms with van der Waals surface area (Å²) < 4.78 is 0. The monoisotopic (exact) mass is 253 g/mol. The molecule has 0 aromatic carbocycles. The van der Waals surface area contributed by atoms with Crippen molar-refractivity contribution < 1.29 is 9.59 Å². The van der Waals surface area contributed by atoms with Gasteiger partial charge in [0.05, 0.1) is 0 Å². The number of hydrogen-bond donors (Lipinski definition) is 1. The predicted octanol–water partition coefficient (Wildman–Crippen LogP) is 3.43. The van der Waals surface area contributed by atoms with Crippen LogP contribution in [0.1, 0.15) is 45.4 Å². The van der Waals surface area contributed by atoms with Crippen LogP contribution in [0.15, 0.2) is 0 Å². The molecule has 0 bridgehead atoms. The van der Waals surface area contributed by atoms with Gasteiger partial charge in [0.1, 0.15) is 6.04 Å². The van der Waals surface area contributed by atoms with Crippen LogP contribution in [0.2, 0.25) is 0 Å². The lowest BCUT2D eigenvalue weighted by molar-refractivity contribution is -0.113. The molecule has 15 heavy (non-hydrogen) atoms. The van der Waals surface area contributed by atoms with Crippen LogP contribution in [-0.2, 0) is 4.79 Å². The molecule has 0 aliphatic carbocycles. The Morgan fingerprint density at radius 1 is 1.13 bits per heavy atom. The molecule has 0 rings (SSSR count). The third-order valence-electron chi connectivity index (χ3n) is 2.16. The molecule has 88 valence electrons. The fraction of sp³-hybridized carbons (Fsp3) is 0.800. The number of halogens is 2. The van der Waals surface area contributed by atoms with Gasteiger partial charge in [0.25, 0.3) is 0 Å². The van der Waals surface area contributed by atoms with Gasteiger partial charge in [-0.05, 0) is 29.6 Å². The molecular weight excluding hydrogens is 237 g/mol. The zero-order valence-electron chi connectivity index (χ0n) is 8.89. The summed E-state index contributed by atoms with van der Waals surface area (Å²) in [6.45, 7) is 2.14. The van der Waals surface area contributed by atoms with Crippen LogP contribution in [0.3, 0.4) is 0 Å². The van der Waals surface area contributed by atoms with Gasteiger partial charge < -0.3 is 5.32 Å². The van der Waals surface area contributed by atoms with Crippen molar-refractivity contribution in [3.05, 3.63) is 0 Å². The Bertz CT molecular complexity index is 210. The van der Waals surface area contributed by atoms with Crippen molar-refractivity contribution in [3.63, 3.8) is 0 Å². The molecule has 0 aromatic heterocycles. The molecule has 1 amide bonds. The van der Waals surface area contributed by atoms with Gasteiger partial charge in [-0.1, -0.05) is 39.0 Å². The lowest BCUT2D eigenvalue weighted by Gasteiger charge is -2.11. The lowest BCUT2D eigenvalue weighted by atomic mass is 10.1. The first kappa shape index (κ1) is 14.7. The van der Waals surface area contributed by atoms with E-state index < -0.39 is 16.7 Å². The van der Waals surface area contributed by atoms with Crippen LogP contribution in [0, 0.1) is 0 Å². The molecule has 1 atom stereocenters. The molecule has 0 aliphatic rings. The topological polar surface area (TPSA) is 46.2 Å². The van der Waals surface area contributed by atoms with Gasteiger partial charge in [-0.2, -0.15) is 0 Å². The van der Waals surface area contributed by atoms with Crippen LogP contribution in [-0.4, -0.2) is 16.7 Å². The predicted molar refractivity (Wildman–Crippen MR) is 62.4 cm³/mol. The first-order chi connectivity index (χ1) is 7.07. The highest BCUT2D eigenvalue weighted by atomic mass is 35.5. The maximum absolute atomic E-state index is 10.9. The van der Waals surface area contributed by atoms with E-state index in [-0.39, 0.29) is 0 Å². The van der Waals surface area contributed by atoms with Crippen molar-refractivity contribution in [1.82, 2.24) is 5.32 Å². The Labute approximate surface area is 101 Å². The fourth-order valence-electron chi connectivity index (χ4n) is 1.33. The van der Waals surface area contributed by atoms with E-state index in [0.29, 0.717) is 6.42 Å². The van der Waals surface area contributed by atoms with Crippen molar-refractivity contribution in [2.24, 2.45) is 0 Å². The van der Waals surface area contributed by atoms with Crippen LogP contribution in [0.5, 0.6) is 0 Å². The highest BCUT2D eigenvalue weighted by Gasteiger charge is 2.16. The fourth-order valence-corrected chi connectivity index (χ4v) is 1.63. The summed E-state index contributed by atoms with van der Waals surface area (Å²) in [4.78, 5) is 21.4. The highest BCUT2D eigenvalue weighted by Crippen LogP contribution is 2.09. The SMILES string of the molecule is CCCCCCCC(NC(=O)Cl)C(=O)Cl. The Morgan fingerprint density at radius 3 is 2.20 bits per heavy atom. The van der Waals surface area contributed by atoms with Crippen LogP contribution < -0.4 is 5.32 Å². The Balaban J connectivity index is 3.67. The number of unbranched alkanes of at least 4 members (excludes halogenated alkanes) is 4. The second-order valence-electron chi connectivity index (χ2n) is 3.48. The minimum absolute atomic E-state index is 0.556. The van der Waals surface area contributed by atoms with E-state index in [9.17, 15) is 9.59 Å². The van der Waals surface area contributed by atoms with Gasteiger partial charge >= 0.3 is 5.37 Å². The molecule has 5 heteroatoms. The van der Waals surface area contributed by atoms with Crippen molar-refractivity contribution in [3.8, 4) is 0 Å². The van der Waals surface area contributed by atoms with Crippen molar-refractivity contribution >= 4 is 33.8 Å². The molecule has 0 radical (unpaired) electrons. The van der Waals surface area contributed by atoms with E-state index in [0.717, 1.165) is 19.3 Å². The number of amides is 1. The second kappa shape index (κ2) is 8.98. The maximum atomic E-state index is 10.9. The quantitative estimate of drug-likeness (QED) is 0.409. The number of carbonyl (C=O) groups is 2. The number of hydrogen-bond acceptors (Lipinski definition) is 2. The third kappa shape index (κ3) is 8.70. The van der Waals surface area contributed by atoms with Gasteiger partial charge in [0.15, 0.2) is 0 Å². The van der Waals surface area contributed by atoms with Crippen molar-refractivity contribution in [2.75, 3.05) is 0 Å². The molecule has 0 saturated heterocycles. The van der Waals surface area contributed by atoms with E-state index in [1.54, 1.807) is 0 Å². The lowest BCUT2D eigenvalue weighted by Crippen LogP contribution is -2.35. The van der Waals surface area contributed by atoms with Crippen molar-refractivity contribution in [2.45, 2.75) is 51.5 Å². The summed E-state index contributed by atoms with van der Waals surface area (Å²) >= 11 is 10.4. The van der Waals surface area contributed by atoms with E-state index in [2.05, 4.69) is 12.2 Å². The molecule has 0 saturated carbocycles. The average Bonchev–Trinajstić information content (AvgIpc) is 2.15. The standard InChI is InChI=1S/C10H17Cl2NO2/c1-2-3-4-5-6-7-8(9(11)14)13-10(12)15/h8H,2-7H2,1H3,(H,13,15). The number of carbonyl (C=O) groups excluding carboxylic acids is 2. The average molecular weight is 254 g/mol. The van der Waals surface area contributed by atoms with Gasteiger partial charge in [0, 0.05) is 0 Å². The Hall–Kier alpha value is -0.280. The smallest absolute Gasteiger partial charge is 0.314 e. The Morgan fingerprint density at radius 2 is 1.73 bits per heavy atom. The van der Waals surface area contributed by atoms with Gasteiger partial charge in [-0.25, -0.2) is 0 Å². The van der Waals surface area contributed by atoms with Crippen LogP contribution in [0.4, 0.5) is 4.79 Å². The molecule has 1 N–H and O–H groups in total. The number of rotatable bonds is 8. The first-order valence-electron chi connectivity index (χ1n) is 5.23. The van der Waals surface area contributed by atoms with Crippen LogP contribution >= 0.6 is 23.2 Å². The molecule has 0 aromatic rings. The van der Waals surface area contributed by atoms with Crippen LogP contribution in [0.25, 0.3) is 0 Å². The first-order valence-corrected chi connectivity index (χ1v) is 5.98. The molecule has 0 heterocycles. The summed E-state index contributed by atoms with van der Waals surface area (Å²) in [5.41, 5.74) is 0. The summed E-state index contributed by atoms with van der Waals surface area (Å²) in [5.74, 6) is 0. The van der Waals surface area contributed by atoms with Gasteiger partial charge in [-0.3, -0.25) is 9.59 Å². The zero-order valence-corrected chi connectivity index (χ0v) is 10.4. The molecule has 0 spiro atoms. The Kier molecular flexibility index (Phi) is 8.82. The summed E-state index contributed by atoms with van der Waals surface area (Å²) in [6.07, 6.45) is 6.00. The highest BCUT2D eigenvalue weighted by molar-refractivity contribution is 6.66. The van der Waals surface area contributed by atoms with E-state index in [1.165, 1.54) is 12.8 Å². The summed E-state index contributed by atoms with van der Waals surface area (Å²) in [5, 5.41) is 1.03. The van der Waals surface area contributed by atoms with Crippen molar-refractivity contribution in [1.29, 1.82) is 0 Å². The molecule has 0 aliphatic heterocycles. The largest absolute Gasteiger partial charge is 0.331 e. The maximum Gasteiger partial charge on any atom is 0.314 e. The molecule has 0 fully saturated rings. The summed E-state index contributed by atoms with van der Waals surface area (Å²) in [7, 11) is 0. The normalized spacial score (nSPS) is 12.2. The van der Waals surface area contributed by atoms with Gasteiger partial charge in [0.2, 0.25) is 5.24 Å². The summed E-state index contributed by atoms with van der Waals surface area (Å²) in [6, 6.07) is -0.640. The number of nitrogens with one attached hydrogen (secondary N) is 1. The van der Waals surface area contributed by atoms with E-state index in [1.807, 2.05) is 0 Å². The molecule has 1 unspecified atom stereocenters.